The van der Waals surface area contributed by atoms with Crippen LogP contribution < -0.4 is 5.32 Å². The van der Waals surface area contributed by atoms with E-state index in [9.17, 15) is 9.59 Å². The van der Waals surface area contributed by atoms with E-state index in [0.717, 1.165) is 16.7 Å². The molecule has 2 N–H and O–H groups in total. The predicted molar refractivity (Wildman–Crippen MR) is 94.5 cm³/mol. The number of carbonyl (C=O) groups is 2. The molecule has 2 aromatic heterocycles. The zero-order chi connectivity index (χ0) is 18.5. The highest BCUT2D eigenvalue weighted by atomic mass is 16.4. The van der Waals surface area contributed by atoms with E-state index in [0.29, 0.717) is 0 Å². The summed E-state index contributed by atoms with van der Waals surface area (Å²) in [4.78, 5) is 35.1. The van der Waals surface area contributed by atoms with Gasteiger partial charge < -0.3 is 10.4 Å². The normalized spacial score (nSPS) is 11.6. The van der Waals surface area contributed by atoms with Crippen molar-refractivity contribution in [2.45, 2.75) is 13.0 Å². The van der Waals surface area contributed by atoms with Crippen molar-refractivity contribution in [3.63, 3.8) is 0 Å². The fraction of sp³-hybridized carbons (Fsp3) is 0.105. The molecule has 0 fully saturated rings. The molecule has 7 heteroatoms. The van der Waals surface area contributed by atoms with E-state index in [4.69, 9.17) is 5.11 Å². The van der Waals surface area contributed by atoms with Crippen LogP contribution in [0.4, 0.5) is 0 Å². The van der Waals surface area contributed by atoms with E-state index in [1.165, 1.54) is 24.5 Å². The van der Waals surface area contributed by atoms with E-state index >= 15 is 0 Å². The molecular weight excluding hydrogens is 332 g/mol. The molecule has 0 radical (unpaired) electrons. The maximum absolute atomic E-state index is 12.3. The molecule has 0 unspecified atom stereocenters. The first-order chi connectivity index (χ1) is 12.5. The zero-order valence-electron chi connectivity index (χ0n) is 14.0. The zero-order valence-corrected chi connectivity index (χ0v) is 14.0. The largest absolute Gasteiger partial charge is 0.477 e. The Kier molecular flexibility index (Phi) is 4.98. The first kappa shape index (κ1) is 17.2. The third-order valence-electron chi connectivity index (χ3n) is 3.85. The van der Waals surface area contributed by atoms with E-state index in [2.05, 4.69) is 20.3 Å². The lowest BCUT2D eigenvalue weighted by atomic mass is 10.0. The van der Waals surface area contributed by atoms with Gasteiger partial charge in [-0.2, -0.15) is 0 Å². The fourth-order valence-electron chi connectivity index (χ4n) is 2.45. The van der Waals surface area contributed by atoms with Crippen LogP contribution in [0.15, 0.2) is 61.2 Å². The van der Waals surface area contributed by atoms with Crippen LogP contribution >= 0.6 is 0 Å². The summed E-state index contributed by atoms with van der Waals surface area (Å²) in [6, 6.07) is 11.7. The fourth-order valence-corrected chi connectivity index (χ4v) is 2.45. The molecule has 130 valence electrons. The first-order valence-electron chi connectivity index (χ1n) is 7.91. The van der Waals surface area contributed by atoms with Crippen molar-refractivity contribution >= 4 is 11.9 Å². The topological polar surface area (TPSA) is 105 Å². The minimum atomic E-state index is -1.17. The van der Waals surface area contributed by atoms with Gasteiger partial charge in [0.1, 0.15) is 17.7 Å². The van der Waals surface area contributed by atoms with Crippen LogP contribution in [0.25, 0.3) is 11.1 Å². The number of carboxylic acids is 1. The molecule has 1 aromatic carbocycles. The number of carboxylic acid groups (broad SMARTS) is 1. The highest BCUT2D eigenvalue weighted by Crippen LogP contribution is 2.20. The lowest BCUT2D eigenvalue weighted by Gasteiger charge is -2.14. The maximum Gasteiger partial charge on any atom is 0.354 e. The number of benzene rings is 1. The Morgan fingerprint density at radius 3 is 2.27 bits per heavy atom. The number of nitrogens with zero attached hydrogens (tertiary/aromatic N) is 3. The number of hydrogen-bond acceptors (Lipinski definition) is 5. The third kappa shape index (κ3) is 3.89. The van der Waals surface area contributed by atoms with Gasteiger partial charge in [-0.15, -0.1) is 0 Å². The molecule has 26 heavy (non-hydrogen) atoms. The number of nitrogens with one attached hydrogen (secondary N) is 1. The van der Waals surface area contributed by atoms with Crippen molar-refractivity contribution in [3.05, 3.63) is 78.1 Å². The summed E-state index contributed by atoms with van der Waals surface area (Å²) >= 11 is 0. The van der Waals surface area contributed by atoms with Gasteiger partial charge in [-0.1, -0.05) is 30.3 Å². The molecule has 1 amide bonds. The Morgan fingerprint density at radius 2 is 1.62 bits per heavy atom. The summed E-state index contributed by atoms with van der Waals surface area (Å²) in [6.45, 7) is 1.85. The molecule has 0 aliphatic rings. The molecule has 0 saturated heterocycles. The van der Waals surface area contributed by atoms with Gasteiger partial charge in [-0.3, -0.25) is 4.79 Å². The Bertz CT molecular complexity index is 927. The van der Waals surface area contributed by atoms with Gasteiger partial charge in [0.05, 0.1) is 6.04 Å². The molecule has 0 spiro atoms. The monoisotopic (exact) mass is 348 g/mol. The molecule has 1 atom stereocenters. The van der Waals surface area contributed by atoms with Gasteiger partial charge in [0, 0.05) is 18.0 Å². The van der Waals surface area contributed by atoms with Crippen molar-refractivity contribution in [1.82, 2.24) is 20.3 Å². The second kappa shape index (κ2) is 7.52. The van der Waals surface area contributed by atoms with E-state index < -0.39 is 11.9 Å². The molecule has 3 aromatic rings. The minimum Gasteiger partial charge on any atom is -0.477 e. The second-order valence-corrected chi connectivity index (χ2v) is 5.66. The summed E-state index contributed by atoms with van der Waals surface area (Å²) in [5, 5.41) is 11.8. The summed E-state index contributed by atoms with van der Waals surface area (Å²) in [5.74, 6) is -1.60. The second-order valence-electron chi connectivity index (χ2n) is 5.66. The molecule has 0 aliphatic heterocycles. The molecular formula is C19H16N4O3. The van der Waals surface area contributed by atoms with Crippen molar-refractivity contribution in [2.24, 2.45) is 0 Å². The molecule has 2 heterocycles. The van der Waals surface area contributed by atoms with Crippen LogP contribution in [0, 0.1) is 0 Å². The van der Waals surface area contributed by atoms with Crippen LogP contribution in [0.3, 0.4) is 0 Å². The maximum atomic E-state index is 12.3. The summed E-state index contributed by atoms with van der Waals surface area (Å²) in [7, 11) is 0. The lowest BCUT2D eigenvalue weighted by Crippen LogP contribution is -2.27. The van der Waals surface area contributed by atoms with E-state index in [-0.39, 0.29) is 17.4 Å². The Labute approximate surface area is 149 Å². The summed E-state index contributed by atoms with van der Waals surface area (Å²) < 4.78 is 0. The van der Waals surface area contributed by atoms with Crippen molar-refractivity contribution in [3.8, 4) is 11.1 Å². The van der Waals surface area contributed by atoms with E-state index in [1.54, 1.807) is 12.4 Å². The van der Waals surface area contributed by atoms with Crippen LogP contribution in [0.5, 0.6) is 0 Å². The summed E-state index contributed by atoms with van der Waals surface area (Å²) in [5.41, 5.74) is 2.69. The molecule has 7 nitrogen and oxygen atoms in total. The lowest BCUT2D eigenvalue weighted by molar-refractivity contribution is 0.0690. The highest BCUT2D eigenvalue weighted by Gasteiger charge is 2.14. The van der Waals surface area contributed by atoms with Gasteiger partial charge in [0.2, 0.25) is 0 Å². The van der Waals surface area contributed by atoms with Crippen LogP contribution in [0.1, 0.15) is 39.5 Å². The Morgan fingerprint density at radius 1 is 0.962 bits per heavy atom. The van der Waals surface area contributed by atoms with Crippen LogP contribution in [-0.4, -0.2) is 31.9 Å². The average molecular weight is 348 g/mol. The van der Waals surface area contributed by atoms with E-state index in [1.807, 2.05) is 31.2 Å². The van der Waals surface area contributed by atoms with Crippen molar-refractivity contribution in [1.29, 1.82) is 0 Å². The third-order valence-corrected chi connectivity index (χ3v) is 3.85. The molecule has 3 rings (SSSR count). The van der Waals surface area contributed by atoms with Crippen molar-refractivity contribution < 1.29 is 14.7 Å². The van der Waals surface area contributed by atoms with Gasteiger partial charge >= 0.3 is 5.97 Å². The molecule has 0 saturated carbocycles. The molecule has 0 aliphatic carbocycles. The Balaban J connectivity index is 1.71. The number of hydrogen-bond donors (Lipinski definition) is 2. The molecule has 0 bridgehead atoms. The SMILES string of the molecule is C[C@@H](NC(=O)c1cccc(C(=O)O)n1)c1ccc(-c2cncnc2)cc1. The number of amides is 1. The number of rotatable bonds is 5. The van der Waals surface area contributed by atoms with Crippen molar-refractivity contribution in [2.75, 3.05) is 0 Å². The average Bonchev–Trinajstić information content (AvgIpc) is 2.68. The van der Waals surface area contributed by atoms with Crippen LogP contribution in [-0.2, 0) is 0 Å². The van der Waals surface area contributed by atoms with Gasteiger partial charge in [0.15, 0.2) is 0 Å². The predicted octanol–water partition coefficient (Wildman–Crippen LogP) is 2.73. The standard InChI is InChI=1S/C19H16N4O3/c1-12(22-18(24)16-3-2-4-17(23-16)19(25)26)13-5-7-14(8-6-13)15-9-20-11-21-10-15/h2-12H,1H3,(H,22,24)(H,25,26)/t12-/m1/s1. The minimum absolute atomic E-state index is 0.0646. The number of carbonyl (C=O) groups excluding carboxylic acids is 1. The van der Waals surface area contributed by atoms with Gasteiger partial charge in [0.25, 0.3) is 5.91 Å². The van der Waals surface area contributed by atoms with Gasteiger partial charge in [-0.25, -0.2) is 19.7 Å². The number of aromatic nitrogens is 3. The smallest absolute Gasteiger partial charge is 0.354 e. The number of pyridine rings is 1. The number of aromatic carboxylic acids is 1. The quantitative estimate of drug-likeness (QED) is 0.734. The van der Waals surface area contributed by atoms with Gasteiger partial charge in [-0.05, 0) is 30.2 Å². The highest BCUT2D eigenvalue weighted by molar-refractivity contribution is 5.94. The first-order valence-corrected chi connectivity index (χ1v) is 7.91. The van der Waals surface area contributed by atoms with Crippen LogP contribution in [0.2, 0.25) is 0 Å². The Hall–Kier alpha value is -3.61. The summed E-state index contributed by atoms with van der Waals surface area (Å²) in [6.07, 6.45) is 4.94.